The third kappa shape index (κ3) is 3.55. The Morgan fingerprint density at radius 1 is 1.08 bits per heavy atom. The molecular weight excluding hydrogens is 351 g/mol. The Labute approximate surface area is 149 Å². The van der Waals surface area contributed by atoms with Gasteiger partial charge in [0.15, 0.2) is 5.82 Å². The minimum Gasteiger partial charge on any atom is -0.480 e. The molecule has 1 aromatic heterocycles. The van der Waals surface area contributed by atoms with E-state index >= 15 is 0 Å². The average Bonchev–Trinajstić information content (AvgIpc) is 2.63. The van der Waals surface area contributed by atoms with Gasteiger partial charge in [-0.3, -0.25) is 4.79 Å². The largest absolute Gasteiger partial charge is 0.480 e. The van der Waals surface area contributed by atoms with E-state index in [0.29, 0.717) is 47.7 Å². The molecule has 1 fully saturated rings. The summed E-state index contributed by atoms with van der Waals surface area (Å²) in [5.74, 6) is 1.13. The van der Waals surface area contributed by atoms with E-state index in [9.17, 15) is 4.79 Å². The second kappa shape index (κ2) is 7.23. The van der Waals surface area contributed by atoms with Gasteiger partial charge in [0, 0.05) is 37.3 Å². The smallest absolute Gasteiger partial charge is 0.255 e. The zero-order valence-corrected chi connectivity index (χ0v) is 14.6. The Hall–Kier alpha value is -2.05. The molecule has 126 valence electrons. The second-order valence-corrected chi connectivity index (χ2v) is 6.18. The van der Waals surface area contributed by atoms with E-state index in [1.807, 2.05) is 6.07 Å². The van der Waals surface area contributed by atoms with Crippen molar-refractivity contribution in [2.75, 3.05) is 38.2 Å². The number of ether oxygens (including phenoxy) is 1. The fraction of sp³-hybridized carbons (Fsp3) is 0.312. The second-order valence-electron chi connectivity index (χ2n) is 5.34. The van der Waals surface area contributed by atoms with E-state index in [1.165, 1.54) is 0 Å². The molecular formula is C16H16Cl2N4O2. The van der Waals surface area contributed by atoms with E-state index in [0.717, 1.165) is 5.82 Å². The van der Waals surface area contributed by atoms with Gasteiger partial charge in [0.1, 0.15) is 0 Å². The van der Waals surface area contributed by atoms with Crippen molar-refractivity contribution in [2.24, 2.45) is 0 Å². The van der Waals surface area contributed by atoms with Crippen LogP contribution < -0.4 is 9.64 Å². The van der Waals surface area contributed by atoms with Crippen LogP contribution in [0.2, 0.25) is 10.0 Å². The Bertz CT molecular complexity index is 731. The minimum absolute atomic E-state index is 0.108. The van der Waals surface area contributed by atoms with Crippen molar-refractivity contribution in [2.45, 2.75) is 0 Å². The molecule has 2 aromatic rings. The van der Waals surface area contributed by atoms with Crippen molar-refractivity contribution in [1.29, 1.82) is 0 Å². The summed E-state index contributed by atoms with van der Waals surface area (Å²) < 4.78 is 5.01. The van der Waals surface area contributed by atoms with Gasteiger partial charge in [0.05, 0.1) is 17.7 Å². The highest BCUT2D eigenvalue weighted by atomic mass is 35.5. The quantitative estimate of drug-likeness (QED) is 0.835. The van der Waals surface area contributed by atoms with Gasteiger partial charge < -0.3 is 14.5 Å². The molecule has 0 N–H and O–H groups in total. The Kier molecular flexibility index (Phi) is 5.06. The molecule has 1 aliphatic rings. The molecule has 2 heterocycles. The number of hydrogen-bond donors (Lipinski definition) is 0. The van der Waals surface area contributed by atoms with Crippen molar-refractivity contribution in [1.82, 2.24) is 15.1 Å². The van der Waals surface area contributed by atoms with Crippen LogP contribution in [0.25, 0.3) is 0 Å². The number of carbonyl (C=O) groups excluding carboxylic acids is 1. The van der Waals surface area contributed by atoms with Crippen LogP contribution in [0.3, 0.4) is 0 Å². The maximum absolute atomic E-state index is 12.6. The molecule has 0 spiro atoms. The summed E-state index contributed by atoms with van der Waals surface area (Å²) in [4.78, 5) is 16.5. The lowest BCUT2D eigenvalue weighted by molar-refractivity contribution is 0.0746. The van der Waals surface area contributed by atoms with Crippen molar-refractivity contribution < 1.29 is 9.53 Å². The van der Waals surface area contributed by atoms with Gasteiger partial charge >= 0.3 is 0 Å². The monoisotopic (exact) mass is 366 g/mol. The molecule has 3 rings (SSSR count). The SMILES string of the molecule is COc1ccc(N2CCN(C(=O)c3cc(Cl)ccc3Cl)CC2)nn1. The van der Waals surface area contributed by atoms with E-state index in [-0.39, 0.29) is 5.91 Å². The molecule has 0 saturated carbocycles. The van der Waals surface area contributed by atoms with Gasteiger partial charge in [0.2, 0.25) is 5.88 Å². The zero-order valence-electron chi connectivity index (χ0n) is 13.1. The number of nitrogens with zero attached hydrogens (tertiary/aromatic N) is 4. The topological polar surface area (TPSA) is 58.6 Å². The molecule has 0 bridgehead atoms. The Balaban J connectivity index is 1.65. The molecule has 0 aliphatic carbocycles. The standard InChI is InChI=1S/C16H16Cl2N4O2/c1-24-15-5-4-14(19-20-15)21-6-8-22(9-7-21)16(23)12-10-11(17)2-3-13(12)18/h2-5,10H,6-9H2,1H3. The van der Waals surface area contributed by atoms with Gasteiger partial charge in [0.25, 0.3) is 5.91 Å². The molecule has 0 atom stereocenters. The molecule has 1 aliphatic heterocycles. The fourth-order valence-electron chi connectivity index (χ4n) is 2.56. The predicted octanol–water partition coefficient (Wildman–Crippen LogP) is 2.75. The molecule has 6 nitrogen and oxygen atoms in total. The summed E-state index contributed by atoms with van der Waals surface area (Å²) in [5.41, 5.74) is 0.432. The summed E-state index contributed by atoms with van der Waals surface area (Å²) in [5, 5.41) is 9.01. The van der Waals surface area contributed by atoms with E-state index < -0.39 is 0 Å². The first-order valence-corrected chi connectivity index (χ1v) is 8.21. The third-order valence-electron chi connectivity index (χ3n) is 3.88. The first-order valence-electron chi connectivity index (χ1n) is 7.45. The van der Waals surface area contributed by atoms with Crippen LogP contribution in [0.15, 0.2) is 30.3 Å². The Morgan fingerprint density at radius 3 is 2.46 bits per heavy atom. The molecule has 8 heteroatoms. The lowest BCUT2D eigenvalue weighted by atomic mass is 10.1. The van der Waals surface area contributed by atoms with E-state index in [4.69, 9.17) is 27.9 Å². The van der Waals surface area contributed by atoms with Crippen LogP contribution in [0, 0.1) is 0 Å². The highest BCUT2D eigenvalue weighted by Crippen LogP contribution is 2.23. The predicted molar refractivity (Wildman–Crippen MR) is 93.2 cm³/mol. The highest BCUT2D eigenvalue weighted by Gasteiger charge is 2.24. The number of methoxy groups -OCH3 is 1. The van der Waals surface area contributed by atoms with E-state index in [2.05, 4.69) is 15.1 Å². The number of carbonyl (C=O) groups is 1. The van der Waals surface area contributed by atoms with Gasteiger partial charge in [-0.05, 0) is 24.3 Å². The molecule has 1 saturated heterocycles. The number of amides is 1. The first kappa shape index (κ1) is 16.8. The minimum atomic E-state index is -0.108. The molecule has 1 aromatic carbocycles. The normalized spacial score (nSPS) is 14.6. The maximum Gasteiger partial charge on any atom is 0.255 e. The number of anilines is 1. The van der Waals surface area contributed by atoms with Crippen molar-refractivity contribution >= 4 is 34.9 Å². The molecule has 1 amide bonds. The lowest BCUT2D eigenvalue weighted by Crippen LogP contribution is -2.49. The molecule has 0 radical (unpaired) electrons. The maximum atomic E-state index is 12.6. The van der Waals surface area contributed by atoms with Gasteiger partial charge in [-0.2, -0.15) is 0 Å². The summed E-state index contributed by atoms with van der Waals surface area (Å²) in [6, 6.07) is 8.54. The van der Waals surface area contributed by atoms with Gasteiger partial charge in [-0.15, -0.1) is 10.2 Å². The summed E-state index contributed by atoms with van der Waals surface area (Å²) in [6.07, 6.45) is 0. The van der Waals surface area contributed by atoms with Crippen LogP contribution >= 0.6 is 23.2 Å². The number of piperazine rings is 1. The van der Waals surface area contributed by atoms with Gasteiger partial charge in [-0.25, -0.2) is 0 Å². The molecule has 0 unspecified atom stereocenters. The third-order valence-corrected chi connectivity index (χ3v) is 4.45. The molecule has 24 heavy (non-hydrogen) atoms. The number of aromatic nitrogens is 2. The van der Waals surface area contributed by atoms with Crippen molar-refractivity contribution in [3.05, 3.63) is 45.9 Å². The van der Waals surface area contributed by atoms with Crippen molar-refractivity contribution in [3.8, 4) is 5.88 Å². The average molecular weight is 367 g/mol. The summed E-state index contributed by atoms with van der Waals surface area (Å²) >= 11 is 12.1. The zero-order chi connectivity index (χ0) is 17.1. The van der Waals surface area contributed by atoms with Crippen LogP contribution in [0.1, 0.15) is 10.4 Å². The Morgan fingerprint density at radius 2 is 1.83 bits per heavy atom. The van der Waals surface area contributed by atoms with Crippen LogP contribution in [0.5, 0.6) is 5.88 Å². The first-order chi connectivity index (χ1) is 11.6. The van der Waals surface area contributed by atoms with Gasteiger partial charge in [-0.1, -0.05) is 23.2 Å². The number of hydrogen-bond acceptors (Lipinski definition) is 5. The summed E-state index contributed by atoms with van der Waals surface area (Å²) in [7, 11) is 1.55. The van der Waals surface area contributed by atoms with E-state index in [1.54, 1.807) is 36.3 Å². The number of halogens is 2. The van der Waals surface area contributed by atoms with Crippen LogP contribution in [0.4, 0.5) is 5.82 Å². The van der Waals surface area contributed by atoms with Crippen LogP contribution in [-0.4, -0.2) is 54.3 Å². The lowest BCUT2D eigenvalue weighted by Gasteiger charge is -2.35. The highest BCUT2D eigenvalue weighted by molar-refractivity contribution is 6.35. The van der Waals surface area contributed by atoms with Crippen molar-refractivity contribution in [3.63, 3.8) is 0 Å². The number of rotatable bonds is 3. The number of benzene rings is 1. The summed E-state index contributed by atoms with van der Waals surface area (Å²) in [6.45, 7) is 2.50. The fourth-order valence-corrected chi connectivity index (χ4v) is 2.93. The van der Waals surface area contributed by atoms with Crippen LogP contribution in [-0.2, 0) is 0 Å².